The van der Waals surface area contributed by atoms with Crippen molar-refractivity contribution >= 4 is 17.1 Å². The molecule has 0 saturated heterocycles. The summed E-state index contributed by atoms with van der Waals surface area (Å²) >= 11 is 0. The summed E-state index contributed by atoms with van der Waals surface area (Å²) in [5.41, 5.74) is 1.75. The van der Waals surface area contributed by atoms with Crippen LogP contribution < -0.4 is 5.32 Å². The minimum Gasteiger partial charge on any atom is -0.424 e. The van der Waals surface area contributed by atoms with Gasteiger partial charge >= 0.3 is 0 Å². The average molecular weight is 232 g/mol. The standard InChI is InChI=1S/C14H20N2O/c1-4-10(2)9-11(3)15-14-16-12-7-5-6-8-13(12)17-14/h5-8,10-11H,4,9H2,1-3H3,(H,15,16). The smallest absolute Gasteiger partial charge is 0.295 e. The molecule has 1 N–H and O–H groups in total. The Balaban J connectivity index is 2.03. The molecule has 1 aromatic carbocycles. The van der Waals surface area contributed by atoms with E-state index < -0.39 is 0 Å². The summed E-state index contributed by atoms with van der Waals surface area (Å²) in [4.78, 5) is 4.41. The maximum Gasteiger partial charge on any atom is 0.295 e. The van der Waals surface area contributed by atoms with Gasteiger partial charge in [-0.2, -0.15) is 4.98 Å². The van der Waals surface area contributed by atoms with Crippen LogP contribution in [0.25, 0.3) is 11.1 Å². The number of hydrogen-bond donors (Lipinski definition) is 1. The Labute approximate surface area is 102 Å². The third-order valence-corrected chi connectivity index (χ3v) is 3.12. The molecule has 0 radical (unpaired) electrons. The monoisotopic (exact) mass is 232 g/mol. The lowest BCUT2D eigenvalue weighted by Crippen LogP contribution is -2.18. The molecule has 0 bridgehead atoms. The molecule has 0 saturated carbocycles. The zero-order chi connectivity index (χ0) is 12.3. The predicted molar refractivity (Wildman–Crippen MR) is 71.2 cm³/mol. The van der Waals surface area contributed by atoms with Gasteiger partial charge in [0.05, 0.1) is 0 Å². The fraction of sp³-hybridized carbons (Fsp3) is 0.500. The van der Waals surface area contributed by atoms with E-state index in [0.717, 1.165) is 23.4 Å². The van der Waals surface area contributed by atoms with E-state index in [1.165, 1.54) is 6.42 Å². The molecule has 0 aliphatic carbocycles. The molecule has 92 valence electrons. The molecule has 0 aliphatic rings. The highest BCUT2D eigenvalue weighted by atomic mass is 16.4. The Morgan fingerprint density at radius 2 is 2.06 bits per heavy atom. The van der Waals surface area contributed by atoms with Gasteiger partial charge in [-0.05, 0) is 31.4 Å². The molecule has 3 heteroatoms. The minimum absolute atomic E-state index is 0.387. The number of benzene rings is 1. The van der Waals surface area contributed by atoms with E-state index >= 15 is 0 Å². The van der Waals surface area contributed by atoms with Crippen molar-refractivity contribution in [2.45, 2.75) is 39.7 Å². The van der Waals surface area contributed by atoms with Gasteiger partial charge in [0.2, 0.25) is 0 Å². The zero-order valence-corrected chi connectivity index (χ0v) is 10.7. The molecular formula is C14H20N2O. The summed E-state index contributed by atoms with van der Waals surface area (Å²) in [6.45, 7) is 6.65. The van der Waals surface area contributed by atoms with Crippen molar-refractivity contribution in [3.63, 3.8) is 0 Å². The summed E-state index contributed by atoms with van der Waals surface area (Å²) in [6, 6.07) is 8.84. The second kappa shape index (κ2) is 5.21. The van der Waals surface area contributed by atoms with E-state index in [1.807, 2.05) is 24.3 Å². The summed E-state index contributed by atoms with van der Waals surface area (Å²) in [6.07, 6.45) is 2.34. The summed E-state index contributed by atoms with van der Waals surface area (Å²) in [5, 5.41) is 3.32. The first-order valence-electron chi connectivity index (χ1n) is 6.31. The van der Waals surface area contributed by atoms with Gasteiger partial charge in [0.1, 0.15) is 5.52 Å². The lowest BCUT2D eigenvalue weighted by atomic mass is 10.0. The van der Waals surface area contributed by atoms with Gasteiger partial charge in [0, 0.05) is 6.04 Å². The van der Waals surface area contributed by atoms with E-state index in [4.69, 9.17) is 4.42 Å². The molecule has 2 rings (SSSR count). The predicted octanol–water partition coefficient (Wildman–Crippen LogP) is 4.06. The van der Waals surface area contributed by atoms with Crippen LogP contribution in [-0.4, -0.2) is 11.0 Å². The van der Waals surface area contributed by atoms with Crippen LogP contribution in [0.2, 0.25) is 0 Å². The second-order valence-corrected chi connectivity index (χ2v) is 4.78. The first-order valence-corrected chi connectivity index (χ1v) is 6.31. The molecule has 2 aromatic rings. The normalized spacial score (nSPS) is 14.8. The molecule has 0 aliphatic heterocycles. The summed E-state index contributed by atoms with van der Waals surface area (Å²) < 4.78 is 5.63. The molecule has 17 heavy (non-hydrogen) atoms. The van der Waals surface area contributed by atoms with Crippen molar-refractivity contribution in [3.05, 3.63) is 24.3 Å². The van der Waals surface area contributed by atoms with Gasteiger partial charge in [-0.15, -0.1) is 0 Å². The topological polar surface area (TPSA) is 38.1 Å². The number of rotatable bonds is 5. The lowest BCUT2D eigenvalue weighted by molar-refractivity contribution is 0.475. The molecule has 0 fully saturated rings. The number of fused-ring (bicyclic) bond motifs is 1. The molecule has 0 spiro atoms. The maximum atomic E-state index is 5.63. The Hall–Kier alpha value is -1.51. The lowest BCUT2D eigenvalue weighted by Gasteiger charge is -2.15. The quantitative estimate of drug-likeness (QED) is 0.844. The molecule has 2 unspecified atom stereocenters. The van der Waals surface area contributed by atoms with E-state index in [9.17, 15) is 0 Å². The molecular weight excluding hydrogens is 212 g/mol. The van der Waals surface area contributed by atoms with Gasteiger partial charge in [-0.3, -0.25) is 0 Å². The number of para-hydroxylation sites is 2. The molecule has 2 atom stereocenters. The van der Waals surface area contributed by atoms with Gasteiger partial charge in [-0.1, -0.05) is 32.4 Å². The highest BCUT2D eigenvalue weighted by Crippen LogP contribution is 2.20. The number of aromatic nitrogens is 1. The van der Waals surface area contributed by atoms with Crippen molar-refractivity contribution < 1.29 is 4.42 Å². The van der Waals surface area contributed by atoms with Crippen molar-refractivity contribution in [1.82, 2.24) is 4.98 Å². The summed E-state index contributed by atoms with van der Waals surface area (Å²) in [7, 11) is 0. The van der Waals surface area contributed by atoms with Crippen LogP contribution in [0.3, 0.4) is 0 Å². The Bertz CT molecular complexity index is 445. The van der Waals surface area contributed by atoms with E-state index in [0.29, 0.717) is 12.1 Å². The third kappa shape index (κ3) is 2.99. The first-order chi connectivity index (χ1) is 8.19. The highest BCUT2D eigenvalue weighted by Gasteiger charge is 2.10. The van der Waals surface area contributed by atoms with Crippen LogP contribution >= 0.6 is 0 Å². The zero-order valence-electron chi connectivity index (χ0n) is 10.7. The Morgan fingerprint density at radius 3 is 2.76 bits per heavy atom. The highest BCUT2D eigenvalue weighted by molar-refractivity contribution is 5.74. The fourth-order valence-corrected chi connectivity index (χ4v) is 1.97. The van der Waals surface area contributed by atoms with E-state index in [1.54, 1.807) is 0 Å². The van der Waals surface area contributed by atoms with Crippen molar-refractivity contribution in [1.29, 1.82) is 0 Å². The number of oxazole rings is 1. The molecule has 0 amide bonds. The van der Waals surface area contributed by atoms with Gasteiger partial charge < -0.3 is 9.73 Å². The number of nitrogens with zero attached hydrogens (tertiary/aromatic N) is 1. The van der Waals surface area contributed by atoms with Crippen molar-refractivity contribution in [2.24, 2.45) is 5.92 Å². The van der Waals surface area contributed by atoms with Crippen molar-refractivity contribution in [3.8, 4) is 0 Å². The minimum atomic E-state index is 0.387. The molecule has 1 heterocycles. The molecule has 1 aromatic heterocycles. The summed E-state index contributed by atoms with van der Waals surface area (Å²) in [5.74, 6) is 0.724. The van der Waals surface area contributed by atoms with Crippen LogP contribution in [0.15, 0.2) is 28.7 Å². The average Bonchev–Trinajstić information content (AvgIpc) is 2.70. The van der Waals surface area contributed by atoms with Gasteiger partial charge in [-0.25, -0.2) is 0 Å². The van der Waals surface area contributed by atoms with E-state index in [-0.39, 0.29) is 0 Å². The van der Waals surface area contributed by atoms with Crippen LogP contribution in [0.1, 0.15) is 33.6 Å². The Kier molecular flexibility index (Phi) is 3.67. The van der Waals surface area contributed by atoms with Crippen LogP contribution in [0.4, 0.5) is 6.01 Å². The Morgan fingerprint density at radius 1 is 1.29 bits per heavy atom. The van der Waals surface area contributed by atoms with E-state index in [2.05, 4.69) is 31.1 Å². The first kappa shape index (κ1) is 12.0. The van der Waals surface area contributed by atoms with Gasteiger partial charge in [0.15, 0.2) is 5.58 Å². The number of hydrogen-bond acceptors (Lipinski definition) is 3. The van der Waals surface area contributed by atoms with Crippen LogP contribution in [-0.2, 0) is 0 Å². The molecule has 3 nitrogen and oxygen atoms in total. The largest absolute Gasteiger partial charge is 0.424 e. The van der Waals surface area contributed by atoms with Crippen molar-refractivity contribution in [2.75, 3.05) is 5.32 Å². The third-order valence-electron chi connectivity index (χ3n) is 3.12. The fourth-order valence-electron chi connectivity index (χ4n) is 1.97. The number of nitrogens with one attached hydrogen (secondary N) is 1. The second-order valence-electron chi connectivity index (χ2n) is 4.78. The van der Waals surface area contributed by atoms with Crippen LogP contribution in [0.5, 0.6) is 0 Å². The van der Waals surface area contributed by atoms with Gasteiger partial charge in [0.25, 0.3) is 6.01 Å². The SMILES string of the molecule is CCC(C)CC(C)Nc1nc2ccccc2o1. The number of anilines is 1. The maximum absolute atomic E-state index is 5.63. The van der Waals surface area contributed by atoms with Crippen LogP contribution in [0, 0.1) is 5.92 Å².